The van der Waals surface area contributed by atoms with E-state index >= 15 is 0 Å². The summed E-state index contributed by atoms with van der Waals surface area (Å²) < 4.78 is 6.24. The van der Waals surface area contributed by atoms with E-state index < -0.39 is 0 Å². The van der Waals surface area contributed by atoms with Gasteiger partial charge in [0.2, 0.25) is 0 Å². The van der Waals surface area contributed by atoms with Crippen LogP contribution in [0.15, 0.2) is 0 Å². The van der Waals surface area contributed by atoms with E-state index in [0.29, 0.717) is 6.10 Å². The minimum absolute atomic E-state index is 0.556. The zero-order valence-electron chi connectivity index (χ0n) is 12.2. The van der Waals surface area contributed by atoms with E-state index in [2.05, 4.69) is 20.8 Å². The number of unbranched alkanes of at least 4 members (excludes halogenated alkanes) is 1. The van der Waals surface area contributed by atoms with Gasteiger partial charge in [0.25, 0.3) is 0 Å². The second-order valence-electron chi connectivity index (χ2n) is 5.74. The summed E-state index contributed by atoms with van der Waals surface area (Å²) in [6, 6.07) is 0. The summed E-state index contributed by atoms with van der Waals surface area (Å²) in [6.07, 6.45) is 12.7. The van der Waals surface area contributed by atoms with E-state index in [0.717, 1.165) is 18.4 Å². The Kier molecular flexibility index (Phi) is 7.92. The molecular weight excluding hydrogens is 208 g/mol. The molecule has 1 nitrogen and oxygen atoms in total. The van der Waals surface area contributed by atoms with Gasteiger partial charge in [0.05, 0.1) is 6.10 Å². The summed E-state index contributed by atoms with van der Waals surface area (Å²) >= 11 is 0. The van der Waals surface area contributed by atoms with Gasteiger partial charge in [-0.05, 0) is 31.1 Å². The van der Waals surface area contributed by atoms with Crippen LogP contribution in [0.2, 0.25) is 0 Å². The van der Waals surface area contributed by atoms with Crippen LogP contribution in [0.1, 0.15) is 78.6 Å². The van der Waals surface area contributed by atoms with Crippen molar-refractivity contribution in [2.75, 3.05) is 6.61 Å². The van der Waals surface area contributed by atoms with Gasteiger partial charge in [-0.15, -0.1) is 0 Å². The first-order chi connectivity index (χ1) is 8.31. The minimum Gasteiger partial charge on any atom is -0.378 e. The Bertz CT molecular complexity index is 178. The Morgan fingerprint density at radius 3 is 2.53 bits per heavy atom. The summed E-state index contributed by atoms with van der Waals surface area (Å²) in [5.41, 5.74) is 0. The molecule has 0 amide bonds. The van der Waals surface area contributed by atoms with Crippen molar-refractivity contribution < 1.29 is 4.74 Å². The molecule has 1 rings (SSSR count). The lowest BCUT2D eigenvalue weighted by Crippen LogP contribution is -2.28. The molecule has 0 N–H and O–H groups in total. The Morgan fingerprint density at radius 2 is 1.88 bits per heavy atom. The summed E-state index contributed by atoms with van der Waals surface area (Å²) in [4.78, 5) is 0. The molecule has 0 saturated carbocycles. The van der Waals surface area contributed by atoms with E-state index in [9.17, 15) is 0 Å². The molecule has 0 bridgehead atoms. The van der Waals surface area contributed by atoms with Gasteiger partial charge in [-0.25, -0.2) is 0 Å². The van der Waals surface area contributed by atoms with E-state index in [-0.39, 0.29) is 0 Å². The minimum atomic E-state index is 0.556. The first-order valence-electron chi connectivity index (χ1n) is 7.93. The Balaban J connectivity index is 2.42. The molecule has 1 fully saturated rings. The van der Waals surface area contributed by atoms with Crippen LogP contribution in [0, 0.1) is 11.8 Å². The fourth-order valence-corrected chi connectivity index (χ4v) is 3.02. The van der Waals surface area contributed by atoms with Crippen molar-refractivity contribution in [3.63, 3.8) is 0 Å². The first-order valence-corrected chi connectivity index (χ1v) is 7.93. The largest absolute Gasteiger partial charge is 0.378 e. The van der Waals surface area contributed by atoms with Crippen LogP contribution in [-0.2, 0) is 4.74 Å². The molecule has 1 heterocycles. The molecule has 1 saturated heterocycles. The summed E-state index contributed by atoms with van der Waals surface area (Å²) in [5, 5.41) is 0. The molecule has 102 valence electrons. The monoisotopic (exact) mass is 240 g/mol. The van der Waals surface area contributed by atoms with Gasteiger partial charge in [-0.1, -0.05) is 59.3 Å². The normalized spacial score (nSPS) is 28.4. The van der Waals surface area contributed by atoms with E-state index in [1.807, 2.05) is 0 Å². The highest BCUT2D eigenvalue weighted by Gasteiger charge is 2.23. The molecule has 0 aromatic heterocycles. The fourth-order valence-electron chi connectivity index (χ4n) is 3.02. The third-order valence-electron chi connectivity index (χ3n) is 4.45. The number of hydrogen-bond donors (Lipinski definition) is 0. The van der Waals surface area contributed by atoms with Gasteiger partial charge in [0.15, 0.2) is 0 Å². The number of ether oxygens (including phenoxy) is 1. The van der Waals surface area contributed by atoms with Gasteiger partial charge >= 0.3 is 0 Å². The van der Waals surface area contributed by atoms with Crippen molar-refractivity contribution in [1.82, 2.24) is 0 Å². The molecule has 17 heavy (non-hydrogen) atoms. The number of hydrogen-bond acceptors (Lipinski definition) is 1. The van der Waals surface area contributed by atoms with Crippen molar-refractivity contribution >= 4 is 0 Å². The van der Waals surface area contributed by atoms with Crippen molar-refractivity contribution in [3.8, 4) is 0 Å². The van der Waals surface area contributed by atoms with Crippen LogP contribution in [0.3, 0.4) is 0 Å². The Morgan fingerprint density at radius 1 is 1.12 bits per heavy atom. The summed E-state index contributed by atoms with van der Waals surface area (Å²) in [5.74, 6) is 1.63. The Labute approximate surface area is 108 Å². The van der Waals surface area contributed by atoms with Crippen LogP contribution in [0.25, 0.3) is 0 Å². The van der Waals surface area contributed by atoms with Crippen LogP contribution in [0.5, 0.6) is 0 Å². The van der Waals surface area contributed by atoms with Crippen molar-refractivity contribution in [3.05, 3.63) is 0 Å². The van der Waals surface area contributed by atoms with Crippen LogP contribution < -0.4 is 0 Å². The summed E-state index contributed by atoms with van der Waals surface area (Å²) in [6.45, 7) is 7.95. The third-order valence-corrected chi connectivity index (χ3v) is 4.45. The lowest BCUT2D eigenvalue weighted by molar-refractivity contribution is -0.0271. The van der Waals surface area contributed by atoms with Crippen LogP contribution in [-0.4, -0.2) is 12.7 Å². The molecular formula is C16H32O. The maximum atomic E-state index is 6.24. The van der Waals surface area contributed by atoms with Crippen molar-refractivity contribution in [1.29, 1.82) is 0 Å². The molecule has 0 spiro atoms. The number of rotatable bonds is 6. The highest BCUT2D eigenvalue weighted by atomic mass is 16.5. The predicted octanol–water partition coefficient (Wildman–Crippen LogP) is 5.19. The third kappa shape index (κ3) is 5.42. The maximum absolute atomic E-state index is 6.24. The van der Waals surface area contributed by atoms with Crippen LogP contribution >= 0.6 is 0 Å². The molecule has 3 unspecified atom stereocenters. The second kappa shape index (κ2) is 8.97. The van der Waals surface area contributed by atoms with Gasteiger partial charge in [0.1, 0.15) is 0 Å². The van der Waals surface area contributed by atoms with Gasteiger partial charge in [-0.2, -0.15) is 0 Å². The molecule has 3 atom stereocenters. The molecule has 0 aromatic carbocycles. The predicted molar refractivity (Wildman–Crippen MR) is 75.3 cm³/mol. The zero-order valence-corrected chi connectivity index (χ0v) is 12.2. The van der Waals surface area contributed by atoms with E-state index in [1.54, 1.807) is 0 Å². The average molecular weight is 240 g/mol. The molecule has 1 aliphatic rings. The lowest BCUT2D eigenvalue weighted by atomic mass is 9.88. The van der Waals surface area contributed by atoms with E-state index in [1.165, 1.54) is 57.8 Å². The SMILES string of the molecule is CCCCC(CC)C1CCCCC(CC)CO1. The second-order valence-corrected chi connectivity index (χ2v) is 5.74. The fraction of sp³-hybridized carbons (Fsp3) is 1.00. The molecule has 1 heteroatoms. The van der Waals surface area contributed by atoms with Crippen molar-refractivity contribution in [2.24, 2.45) is 11.8 Å². The zero-order chi connectivity index (χ0) is 12.5. The average Bonchev–Trinajstić information content (AvgIpc) is 2.32. The highest BCUT2D eigenvalue weighted by molar-refractivity contribution is 4.73. The standard InChI is InChI=1S/C16H32O/c1-4-7-11-15(6-3)16-12-9-8-10-14(5-2)13-17-16/h14-16H,4-13H2,1-3H3. The Hall–Kier alpha value is -0.0400. The summed E-state index contributed by atoms with van der Waals surface area (Å²) in [7, 11) is 0. The maximum Gasteiger partial charge on any atom is 0.0603 e. The molecule has 0 aliphatic carbocycles. The lowest BCUT2D eigenvalue weighted by Gasteiger charge is -2.30. The van der Waals surface area contributed by atoms with E-state index in [4.69, 9.17) is 4.74 Å². The molecule has 0 aromatic rings. The molecule has 1 aliphatic heterocycles. The first kappa shape index (κ1) is 15.0. The van der Waals surface area contributed by atoms with Gasteiger partial charge in [0, 0.05) is 6.61 Å². The van der Waals surface area contributed by atoms with Gasteiger partial charge in [-0.3, -0.25) is 0 Å². The van der Waals surface area contributed by atoms with Gasteiger partial charge < -0.3 is 4.74 Å². The highest BCUT2D eigenvalue weighted by Crippen LogP contribution is 2.28. The quantitative estimate of drug-likeness (QED) is 0.621. The molecule has 0 radical (unpaired) electrons. The van der Waals surface area contributed by atoms with Crippen LogP contribution in [0.4, 0.5) is 0 Å². The smallest absolute Gasteiger partial charge is 0.0603 e. The van der Waals surface area contributed by atoms with Crippen molar-refractivity contribution in [2.45, 2.75) is 84.7 Å². The topological polar surface area (TPSA) is 9.23 Å².